The minimum absolute atomic E-state index is 0.177. The Bertz CT molecular complexity index is 761. The Kier molecular flexibility index (Phi) is 6.21. The van der Waals surface area contributed by atoms with Crippen LogP contribution >= 0.6 is 39.1 Å². The molecule has 2 aromatic carbocycles. The molecule has 0 heterocycles. The molecule has 0 aliphatic carbocycles. The molecule has 2 amide bonds. The van der Waals surface area contributed by atoms with Crippen LogP contribution in [0.25, 0.3) is 6.08 Å². The van der Waals surface area contributed by atoms with E-state index in [1.165, 1.54) is 18.2 Å². The molecule has 4 nitrogen and oxygen atoms in total. The lowest BCUT2D eigenvalue weighted by Crippen LogP contribution is -2.40. The molecule has 7 heteroatoms. The quantitative estimate of drug-likeness (QED) is 0.584. The summed E-state index contributed by atoms with van der Waals surface area (Å²) in [6, 6.07) is 11.9. The fourth-order valence-corrected chi connectivity index (χ4v) is 2.28. The van der Waals surface area contributed by atoms with E-state index in [9.17, 15) is 9.59 Å². The maximum absolute atomic E-state index is 11.9. The Morgan fingerprint density at radius 3 is 2.39 bits per heavy atom. The molecule has 0 saturated heterocycles. The number of hydrogen-bond donors (Lipinski definition) is 2. The number of carbonyl (C=O) groups excluding carboxylic acids is 2. The number of rotatable bonds is 3. The fourth-order valence-electron chi connectivity index (χ4n) is 1.64. The van der Waals surface area contributed by atoms with Crippen molar-refractivity contribution in [2.24, 2.45) is 0 Å². The SMILES string of the molecule is O=C(/C=C/c1ccc(Br)cc1)NNC(=O)c1cc(Cl)ccc1Cl. The third-order valence-corrected chi connectivity index (χ3v) is 3.86. The summed E-state index contributed by atoms with van der Waals surface area (Å²) < 4.78 is 0.949. The molecule has 0 atom stereocenters. The summed E-state index contributed by atoms with van der Waals surface area (Å²) in [5.41, 5.74) is 5.58. The zero-order valence-corrected chi connectivity index (χ0v) is 14.7. The van der Waals surface area contributed by atoms with Crippen molar-refractivity contribution >= 4 is 57.0 Å². The number of nitrogens with one attached hydrogen (secondary N) is 2. The van der Waals surface area contributed by atoms with Gasteiger partial charge in [-0.05, 0) is 42.0 Å². The normalized spacial score (nSPS) is 10.6. The minimum Gasteiger partial charge on any atom is -0.268 e. The zero-order chi connectivity index (χ0) is 16.8. The molecule has 2 rings (SSSR count). The van der Waals surface area contributed by atoms with Gasteiger partial charge in [-0.1, -0.05) is 51.3 Å². The van der Waals surface area contributed by atoms with E-state index in [2.05, 4.69) is 26.8 Å². The van der Waals surface area contributed by atoms with E-state index >= 15 is 0 Å². The smallest absolute Gasteiger partial charge is 0.268 e. The van der Waals surface area contributed by atoms with Gasteiger partial charge in [0.25, 0.3) is 11.8 Å². The Balaban J connectivity index is 1.92. The molecule has 2 N–H and O–H groups in total. The summed E-state index contributed by atoms with van der Waals surface area (Å²) in [6.45, 7) is 0. The van der Waals surface area contributed by atoms with E-state index in [0.717, 1.165) is 10.0 Å². The predicted molar refractivity (Wildman–Crippen MR) is 95.2 cm³/mol. The lowest BCUT2D eigenvalue weighted by molar-refractivity contribution is -0.117. The van der Waals surface area contributed by atoms with Gasteiger partial charge in [0.2, 0.25) is 0 Å². The van der Waals surface area contributed by atoms with Gasteiger partial charge in [0, 0.05) is 15.6 Å². The summed E-state index contributed by atoms with van der Waals surface area (Å²) in [7, 11) is 0. The molecule has 0 fully saturated rings. The first-order valence-corrected chi connectivity index (χ1v) is 7.99. The van der Waals surface area contributed by atoms with Gasteiger partial charge in [0.15, 0.2) is 0 Å². The molecule has 0 aliphatic rings. The van der Waals surface area contributed by atoms with Crippen LogP contribution in [0.3, 0.4) is 0 Å². The second kappa shape index (κ2) is 8.15. The van der Waals surface area contributed by atoms with E-state index in [4.69, 9.17) is 23.2 Å². The average Bonchev–Trinajstić information content (AvgIpc) is 2.54. The van der Waals surface area contributed by atoms with Crippen LogP contribution in [0.1, 0.15) is 15.9 Å². The summed E-state index contributed by atoms with van der Waals surface area (Å²) in [6.07, 6.45) is 2.93. The van der Waals surface area contributed by atoms with Crippen molar-refractivity contribution in [3.63, 3.8) is 0 Å². The molecule has 0 bridgehead atoms. The van der Waals surface area contributed by atoms with E-state index < -0.39 is 11.8 Å². The molecular formula is C16H11BrCl2N2O2. The average molecular weight is 414 g/mol. The van der Waals surface area contributed by atoms with Crippen LogP contribution in [0.4, 0.5) is 0 Å². The minimum atomic E-state index is -0.553. The molecule has 0 saturated carbocycles. The largest absolute Gasteiger partial charge is 0.271 e. The summed E-state index contributed by atoms with van der Waals surface area (Å²) in [5.74, 6) is -1.03. The van der Waals surface area contributed by atoms with Gasteiger partial charge in [-0.3, -0.25) is 20.4 Å². The summed E-state index contributed by atoms with van der Waals surface area (Å²) >= 11 is 15.1. The standard InChI is InChI=1S/C16H11BrCl2N2O2/c17-11-4-1-10(2-5-11)3-8-15(22)20-21-16(23)13-9-12(18)6-7-14(13)19/h1-9H,(H,20,22)(H,21,23)/b8-3+. The molecule has 23 heavy (non-hydrogen) atoms. The van der Waals surface area contributed by atoms with Crippen LogP contribution in [0.15, 0.2) is 53.0 Å². The van der Waals surface area contributed by atoms with Crippen molar-refractivity contribution in [1.29, 1.82) is 0 Å². The van der Waals surface area contributed by atoms with E-state index in [-0.39, 0.29) is 10.6 Å². The topological polar surface area (TPSA) is 58.2 Å². The number of amides is 2. The third kappa shape index (κ3) is 5.39. The maximum Gasteiger partial charge on any atom is 0.271 e. The Morgan fingerprint density at radius 2 is 1.70 bits per heavy atom. The van der Waals surface area contributed by atoms with Gasteiger partial charge in [-0.15, -0.1) is 0 Å². The van der Waals surface area contributed by atoms with Crippen molar-refractivity contribution in [2.45, 2.75) is 0 Å². The van der Waals surface area contributed by atoms with Gasteiger partial charge < -0.3 is 0 Å². The number of benzene rings is 2. The third-order valence-electron chi connectivity index (χ3n) is 2.77. The molecule has 0 aromatic heterocycles. The molecular weight excluding hydrogens is 403 g/mol. The van der Waals surface area contributed by atoms with Crippen molar-refractivity contribution in [1.82, 2.24) is 10.9 Å². The van der Waals surface area contributed by atoms with E-state index in [1.54, 1.807) is 12.1 Å². The van der Waals surface area contributed by atoms with Crippen LogP contribution in [-0.4, -0.2) is 11.8 Å². The Morgan fingerprint density at radius 1 is 1.00 bits per heavy atom. The molecule has 0 aliphatic heterocycles. The number of hydrazine groups is 1. The summed E-state index contributed by atoms with van der Waals surface area (Å²) in [4.78, 5) is 23.6. The first-order valence-electron chi connectivity index (χ1n) is 6.45. The van der Waals surface area contributed by atoms with Crippen molar-refractivity contribution < 1.29 is 9.59 Å². The first-order chi connectivity index (χ1) is 11.0. The molecule has 0 unspecified atom stereocenters. The highest BCUT2D eigenvalue weighted by Gasteiger charge is 2.11. The monoisotopic (exact) mass is 412 g/mol. The van der Waals surface area contributed by atoms with E-state index in [0.29, 0.717) is 5.02 Å². The Hall–Kier alpha value is -1.82. The van der Waals surface area contributed by atoms with Crippen molar-refractivity contribution in [3.05, 3.63) is 74.2 Å². The van der Waals surface area contributed by atoms with Gasteiger partial charge in [-0.2, -0.15) is 0 Å². The van der Waals surface area contributed by atoms with Gasteiger partial charge in [0.1, 0.15) is 0 Å². The molecule has 2 aromatic rings. The van der Waals surface area contributed by atoms with Crippen molar-refractivity contribution in [2.75, 3.05) is 0 Å². The second-order valence-electron chi connectivity index (χ2n) is 4.45. The van der Waals surface area contributed by atoms with Crippen LogP contribution in [-0.2, 0) is 4.79 Å². The lowest BCUT2D eigenvalue weighted by Gasteiger charge is -2.07. The summed E-state index contributed by atoms with van der Waals surface area (Å²) in [5, 5.41) is 0.618. The first kappa shape index (κ1) is 17.5. The van der Waals surface area contributed by atoms with Crippen LogP contribution < -0.4 is 10.9 Å². The highest BCUT2D eigenvalue weighted by molar-refractivity contribution is 9.10. The number of carbonyl (C=O) groups is 2. The van der Waals surface area contributed by atoms with Gasteiger partial charge >= 0.3 is 0 Å². The zero-order valence-electron chi connectivity index (χ0n) is 11.6. The van der Waals surface area contributed by atoms with Crippen LogP contribution in [0, 0.1) is 0 Å². The number of hydrogen-bond acceptors (Lipinski definition) is 2. The molecule has 0 spiro atoms. The van der Waals surface area contributed by atoms with Gasteiger partial charge in [0.05, 0.1) is 10.6 Å². The van der Waals surface area contributed by atoms with E-state index in [1.807, 2.05) is 24.3 Å². The van der Waals surface area contributed by atoms with Gasteiger partial charge in [-0.25, -0.2) is 0 Å². The van der Waals surface area contributed by atoms with Crippen LogP contribution in [0.2, 0.25) is 10.0 Å². The highest BCUT2D eigenvalue weighted by Crippen LogP contribution is 2.20. The van der Waals surface area contributed by atoms with Crippen molar-refractivity contribution in [3.8, 4) is 0 Å². The maximum atomic E-state index is 11.9. The second-order valence-corrected chi connectivity index (χ2v) is 6.21. The number of halogens is 3. The predicted octanol–water partition coefficient (Wildman–Crippen LogP) is 4.23. The fraction of sp³-hybridized carbons (Fsp3) is 0. The lowest BCUT2D eigenvalue weighted by atomic mass is 10.2. The highest BCUT2D eigenvalue weighted by atomic mass is 79.9. The Labute approximate surface area is 151 Å². The van der Waals surface area contributed by atoms with Crippen LogP contribution in [0.5, 0.6) is 0 Å². The molecule has 118 valence electrons. The molecule has 0 radical (unpaired) electrons.